The van der Waals surface area contributed by atoms with E-state index in [4.69, 9.17) is 9.47 Å². The van der Waals surface area contributed by atoms with Gasteiger partial charge < -0.3 is 14.6 Å². The number of allylic oxidation sites excluding steroid dienone is 1. The molecule has 10 heteroatoms. The molecule has 0 bridgehead atoms. The number of carbonyl (C=O) groups is 2. The van der Waals surface area contributed by atoms with Crippen LogP contribution in [0.3, 0.4) is 0 Å². The van der Waals surface area contributed by atoms with Crippen LogP contribution in [0.15, 0.2) is 72.6 Å². The second-order valence-electron chi connectivity index (χ2n) is 8.37. The molecule has 0 amide bonds. The largest absolute Gasteiger partial charge is 0.486 e. The average molecular weight is 511 g/mol. The van der Waals surface area contributed by atoms with E-state index in [0.717, 1.165) is 17.3 Å². The summed E-state index contributed by atoms with van der Waals surface area (Å²) in [5.41, 5.74) is 3.99. The molecule has 0 spiro atoms. The number of Topliss-reactive ketones (excluding diaryl/α,β-unsaturated/α-hetero) is 1. The lowest BCUT2D eigenvalue weighted by Gasteiger charge is -2.19. The number of benzene rings is 3. The summed E-state index contributed by atoms with van der Waals surface area (Å²) in [6.45, 7) is 0.793. The van der Waals surface area contributed by atoms with Crippen molar-refractivity contribution in [2.45, 2.75) is 6.42 Å². The molecule has 2 aromatic heterocycles. The summed E-state index contributed by atoms with van der Waals surface area (Å²) in [5.74, 6) is -0.653. The molecule has 5 aromatic rings. The Morgan fingerprint density at radius 1 is 0.784 bits per heavy atom. The highest BCUT2D eigenvalue weighted by Crippen LogP contribution is 2.33. The molecular formula is C27H18N4O5S. The maximum Gasteiger partial charge on any atom is 0.336 e. The van der Waals surface area contributed by atoms with E-state index < -0.39 is 11.8 Å². The second-order valence-corrected chi connectivity index (χ2v) is 8.90. The molecule has 0 saturated carbocycles. The van der Waals surface area contributed by atoms with Crippen molar-refractivity contribution in [3.63, 3.8) is 0 Å². The zero-order valence-electron chi connectivity index (χ0n) is 19.2. The maximum atomic E-state index is 14.0. The molecule has 0 unspecified atom stereocenters. The smallest absolute Gasteiger partial charge is 0.336 e. The molecule has 3 heterocycles. The van der Waals surface area contributed by atoms with Crippen molar-refractivity contribution in [2.75, 3.05) is 13.2 Å². The Balaban J connectivity index is 1.52. The van der Waals surface area contributed by atoms with Crippen LogP contribution < -0.4 is 9.47 Å². The van der Waals surface area contributed by atoms with Gasteiger partial charge in [-0.1, -0.05) is 12.1 Å². The van der Waals surface area contributed by atoms with Gasteiger partial charge in [0, 0.05) is 30.0 Å². The molecule has 3 aromatic carbocycles. The average Bonchev–Trinajstić information content (AvgIpc) is 3.40. The molecule has 0 saturated heterocycles. The van der Waals surface area contributed by atoms with Crippen LogP contribution >= 0.6 is 11.7 Å². The van der Waals surface area contributed by atoms with E-state index in [9.17, 15) is 14.7 Å². The Bertz CT molecular complexity index is 1730. The van der Waals surface area contributed by atoms with Crippen molar-refractivity contribution in [3.05, 3.63) is 89.3 Å². The van der Waals surface area contributed by atoms with Crippen molar-refractivity contribution in [1.82, 2.24) is 18.7 Å². The number of hydrogen-bond donors (Lipinski definition) is 1. The van der Waals surface area contributed by atoms with Crippen molar-refractivity contribution < 1.29 is 24.2 Å². The van der Waals surface area contributed by atoms with Gasteiger partial charge in [0.1, 0.15) is 24.2 Å². The van der Waals surface area contributed by atoms with Crippen molar-refractivity contribution in [3.8, 4) is 11.5 Å². The number of rotatable bonds is 6. The van der Waals surface area contributed by atoms with Gasteiger partial charge in [-0.15, -0.1) is 0 Å². The molecule has 182 valence electrons. The van der Waals surface area contributed by atoms with Crippen LogP contribution in [0.2, 0.25) is 0 Å². The Hall–Kier alpha value is -4.70. The molecular weight excluding hydrogens is 492 g/mol. The molecule has 9 nitrogen and oxygen atoms in total. The van der Waals surface area contributed by atoms with E-state index in [1.54, 1.807) is 54.9 Å². The SMILES string of the molecule is O=C(O)C(=C(Cc1ccc2nccnc2c1)C(=O)c1ccc2c(c1)OCCO2)c1ccc2nsnc2c1. The molecule has 0 atom stereocenters. The second kappa shape index (κ2) is 9.40. The summed E-state index contributed by atoms with van der Waals surface area (Å²) < 4.78 is 19.7. The summed E-state index contributed by atoms with van der Waals surface area (Å²) in [6.07, 6.45) is 3.25. The van der Waals surface area contributed by atoms with Crippen molar-refractivity contribution >= 4 is 51.1 Å². The number of aromatic nitrogens is 4. The minimum atomic E-state index is -1.22. The fourth-order valence-corrected chi connectivity index (χ4v) is 4.85. The first-order chi connectivity index (χ1) is 18.1. The Morgan fingerprint density at radius 3 is 2.35 bits per heavy atom. The van der Waals surface area contributed by atoms with Crippen molar-refractivity contribution in [2.24, 2.45) is 0 Å². The van der Waals surface area contributed by atoms with E-state index in [0.29, 0.717) is 57.9 Å². The van der Waals surface area contributed by atoms with Gasteiger partial charge in [0.15, 0.2) is 17.3 Å². The van der Waals surface area contributed by atoms with Crippen LogP contribution in [-0.4, -0.2) is 48.8 Å². The number of aliphatic carboxylic acids is 1. The lowest BCUT2D eigenvalue weighted by Crippen LogP contribution is -2.17. The minimum Gasteiger partial charge on any atom is -0.486 e. The zero-order valence-corrected chi connectivity index (χ0v) is 20.1. The molecule has 6 rings (SSSR count). The van der Waals surface area contributed by atoms with Crippen LogP contribution in [0.25, 0.3) is 27.6 Å². The summed E-state index contributed by atoms with van der Waals surface area (Å²) in [7, 11) is 0. The number of carboxylic acid groups (broad SMARTS) is 1. The van der Waals surface area contributed by atoms with E-state index >= 15 is 0 Å². The lowest BCUT2D eigenvalue weighted by atomic mass is 9.89. The monoisotopic (exact) mass is 510 g/mol. The molecule has 0 aliphatic carbocycles. The maximum absolute atomic E-state index is 14.0. The third-order valence-electron chi connectivity index (χ3n) is 6.05. The number of ether oxygens (including phenoxy) is 2. The normalized spacial score (nSPS) is 13.4. The van der Waals surface area contributed by atoms with Gasteiger partial charge in [-0.05, 0) is 53.6 Å². The zero-order chi connectivity index (χ0) is 25.4. The predicted octanol–water partition coefficient (Wildman–Crippen LogP) is 4.37. The number of ketones is 1. The van der Waals surface area contributed by atoms with Gasteiger partial charge >= 0.3 is 5.97 Å². The number of carboxylic acids is 1. The predicted molar refractivity (Wildman–Crippen MR) is 137 cm³/mol. The fraction of sp³-hybridized carbons (Fsp3) is 0.111. The fourth-order valence-electron chi connectivity index (χ4n) is 4.33. The number of hydrogen-bond acceptors (Lipinski definition) is 9. The number of nitrogens with zero attached hydrogens (tertiary/aromatic N) is 4. The number of fused-ring (bicyclic) bond motifs is 3. The van der Waals surface area contributed by atoms with Gasteiger partial charge in [-0.25, -0.2) is 4.79 Å². The highest BCUT2D eigenvalue weighted by Gasteiger charge is 2.26. The molecule has 37 heavy (non-hydrogen) atoms. The third kappa shape index (κ3) is 4.38. The van der Waals surface area contributed by atoms with E-state index in [-0.39, 0.29) is 17.6 Å². The molecule has 1 aliphatic rings. The molecule has 0 fully saturated rings. The van der Waals surface area contributed by atoms with Gasteiger partial charge in [-0.2, -0.15) is 8.75 Å². The minimum absolute atomic E-state index is 0.0643. The topological polar surface area (TPSA) is 124 Å². The summed E-state index contributed by atoms with van der Waals surface area (Å²) in [5, 5.41) is 10.3. The third-order valence-corrected chi connectivity index (χ3v) is 6.61. The highest BCUT2D eigenvalue weighted by atomic mass is 32.1. The molecule has 1 aliphatic heterocycles. The van der Waals surface area contributed by atoms with E-state index in [1.165, 1.54) is 0 Å². The van der Waals surface area contributed by atoms with Gasteiger partial charge in [0.2, 0.25) is 0 Å². The van der Waals surface area contributed by atoms with Crippen LogP contribution in [-0.2, 0) is 11.2 Å². The van der Waals surface area contributed by atoms with Crippen LogP contribution in [0.5, 0.6) is 11.5 Å². The van der Waals surface area contributed by atoms with E-state index in [1.807, 2.05) is 12.1 Å². The van der Waals surface area contributed by atoms with Gasteiger partial charge in [-0.3, -0.25) is 14.8 Å². The number of carbonyl (C=O) groups excluding carboxylic acids is 1. The first-order valence-corrected chi connectivity index (χ1v) is 12.1. The summed E-state index contributed by atoms with van der Waals surface area (Å²) in [4.78, 5) is 35.3. The van der Waals surface area contributed by atoms with E-state index in [2.05, 4.69) is 18.7 Å². The standard InChI is InChI=1S/C27H18N4O5S/c32-26(17-3-6-23-24(14-17)36-10-9-35-23)18(11-15-1-4-19-21(12-15)29-8-7-28-19)25(27(33)34)16-2-5-20-22(13-16)31-37-30-20/h1-8,12-14H,9-11H2,(H,33,34). The first-order valence-electron chi connectivity index (χ1n) is 11.4. The van der Waals surface area contributed by atoms with Crippen LogP contribution in [0.4, 0.5) is 0 Å². The summed E-state index contributed by atoms with van der Waals surface area (Å²) >= 11 is 1.04. The molecule has 0 radical (unpaired) electrons. The Labute approximate surface area is 214 Å². The van der Waals surface area contributed by atoms with Gasteiger partial charge in [0.25, 0.3) is 0 Å². The van der Waals surface area contributed by atoms with Crippen molar-refractivity contribution in [1.29, 1.82) is 0 Å². The van der Waals surface area contributed by atoms with Gasteiger partial charge in [0.05, 0.1) is 28.3 Å². The van der Waals surface area contributed by atoms with Crippen LogP contribution in [0, 0.1) is 0 Å². The summed E-state index contributed by atoms with van der Waals surface area (Å²) in [6, 6.07) is 15.3. The first kappa shape index (κ1) is 22.7. The Kier molecular flexibility index (Phi) is 5.78. The Morgan fingerprint density at radius 2 is 1.51 bits per heavy atom. The lowest BCUT2D eigenvalue weighted by molar-refractivity contribution is -0.130. The van der Waals surface area contributed by atoms with Crippen LogP contribution in [0.1, 0.15) is 21.5 Å². The molecule has 1 N–H and O–H groups in total. The quantitative estimate of drug-likeness (QED) is 0.262. The highest BCUT2D eigenvalue weighted by molar-refractivity contribution is 7.00.